The molecule has 0 amide bonds. The van der Waals surface area contributed by atoms with Crippen LogP contribution in [0, 0.1) is 0 Å². The first kappa shape index (κ1) is 15.2. The monoisotopic (exact) mass is 273 g/mol. The third kappa shape index (κ3) is 3.12. The van der Waals surface area contributed by atoms with Gasteiger partial charge < -0.3 is 5.32 Å². The molecule has 20 heavy (non-hydrogen) atoms. The molecule has 0 spiro atoms. The van der Waals surface area contributed by atoms with Gasteiger partial charge in [0.05, 0.1) is 5.54 Å². The van der Waals surface area contributed by atoms with Gasteiger partial charge in [0.25, 0.3) is 0 Å². The summed E-state index contributed by atoms with van der Waals surface area (Å²) in [6.07, 6.45) is 3.54. The van der Waals surface area contributed by atoms with E-state index in [9.17, 15) is 4.79 Å². The Kier molecular flexibility index (Phi) is 4.33. The zero-order valence-electron chi connectivity index (χ0n) is 13.3. The Morgan fingerprint density at radius 2 is 1.90 bits per heavy atom. The molecule has 1 aromatic carbocycles. The molecule has 0 bridgehead atoms. The largest absolute Gasteiger partial charge is 0.305 e. The Bertz CT molecular complexity index is 461. The van der Waals surface area contributed by atoms with Crippen molar-refractivity contribution in [1.82, 2.24) is 5.32 Å². The Morgan fingerprint density at radius 3 is 2.35 bits per heavy atom. The minimum atomic E-state index is -0.261. The van der Waals surface area contributed by atoms with Gasteiger partial charge in [0.1, 0.15) is 0 Å². The third-order valence-electron chi connectivity index (χ3n) is 4.57. The smallest absolute Gasteiger partial charge is 0.157 e. The molecular weight excluding hydrogens is 246 g/mol. The van der Waals surface area contributed by atoms with Crippen LogP contribution in [0.4, 0.5) is 0 Å². The highest BCUT2D eigenvalue weighted by Crippen LogP contribution is 2.26. The van der Waals surface area contributed by atoms with Crippen molar-refractivity contribution in [2.75, 3.05) is 6.54 Å². The quantitative estimate of drug-likeness (QED) is 0.907. The van der Waals surface area contributed by atoms with Crippen LogP contribution in [0.15, 0.2) is 24.3 Å². The summed E-state index contributed by atoms with van der Waals surface area (Å²) < 4.78 is 0. The molecule has 2 nitrogen and oxygen atoms in total. The molecule has 1 aliphatic rings. The molecule has 1 aromatic rings. The molecule has 0 saturated carbocycles. The van der Waals surface area contributed by atoms with Gasteiger partial charge in [-0.05, 0) is 42.3 Å². The molecule has 1 N–H and O–H groups in total. The lowest BCUT2D eigenvalue weighted by Gasteiger charge is -2.26. The predicted molar refractivity (Wildman–Crippen MR) is 84.1 cm³/mol. The van der Waals surface area contributed by atoms with Crippen LogP contribution in [0.5, 0.6) is 0 Å². The van der Waals surface area contributed by atoms with Crippen LogP contribution in [0.25, 0.3) is 0 Å². The van der Waals surface area contributed by atoms with Crippen LogP contribution < -0.4 is 5.32 Å². The van der Waals surface area contributed by atoms with E-state index in [1.807, 2.05) is 0 Å². The highest BCUT2D eigenvalue weighted by Gasteiger charge is 2.38. The van der Waals surface area contributed by atoms with Gasteiger partial charge in [0, 0.05) is 6.42 Å². The average Bonchev–Trinajstić information content (AvgIpc) is 2.88. The van der Waals surface area contributed by atoms with Gasteiger partial charge in [-0.25, -0.2) is 0 Å². The Morgan fingerprint density at radius 1 is 1.25 bits per heavy atom. The van der Waals surface area contributed by atoms with Gasteiger partial charge >= 0.3 is 0 Å². The van der Waals surface area contributed by atoms with Gasteiger partial charge in [-0.1, -0.05) is 52.0 Å². The summed E-state index contributed by atoms with van der Waals surface area (Å²) in [5.41, 5.74) is 2.35. The zero-order chi connectivity index (χ0) is 14.8. The van der Waals surface area contributed by atoms with E-state index in [0.717, 1.165) is 31.4 Å². The summed E-state index contributed by atoms with van der Waals surface area (Å²) in [6.45, 7) is 9.71. The number of benzene rings is 1. The first-order valence-electron chi connectivity index (χ1n) is 7.75. The van der Waals surface area contributed by atoms with E-state index in [0.29, 0.717) is 12.2 Å². The molecule has 0 aliphatic carbocycles. The fourth-order valence-corrected chi connectivity index (χ4v) is 3.02. The molecule has 1 heterocycles. The first-order valence-corrected chi connectivity index (χ1v) is 7.75. The fourth-order valence-electron chi connectivity index (χ4n) is 3.02. The summed E-state index contributed by atoms with van der Waals surface area (Å²) in [5, 5.41) is 3.43. The van der Waals surface area contributed by atoms with E-state index in [4.69, 9.17) is 0 Å². The highest BCUT2D eigenvalue weighted by atomic mass is 16.1. The molecule has 1 saturated heterocycles. The second kappa shape index (κ2) is 5.69. The third-order valence-corrected chi connectivity index (χ3v) is 4.57. The number of rotatable bonds is 4. The second-order valence-corrected chi connectivity index (χ2v) is 7.01. The number of ketones is 1. The van der Waals surface area contributed by atoms with E-state index in [-0.39, 0.29) is 11.0 Å². The number of hydrogen-bond donors (Lipinski definition) is 1. The van der Waals surface area contributed by atoms with Crippen molar-refractivity contribution in [2.24, 2.45) is 0 Å². The van der Waals surface area contributed by atoms with Crippen LogP contribution >= 0.6 is 0 Å². The van der Waals surface area contributed by atoms with Crippen molar-refractivity contribution in [3.63, 3.8) is 0 Å². The molecule has 1 atom stereocenters. The maximum Gasteiger partial charge on any atom is 0.157 e. The molecule has 1 fully saturated rings. The Balaban J connectivity index is 2.08. The first-order chi connectivity index (χ1) is 9.37. The van der Waals surface area contributed by atoms with E-state index >= 15 is 0 Å². The molecule has 2 heteroatoms. The number of nitrogens with one attached hydrogen (secondary N) is 1. The van der Waals surface area contributed by atoms with Crippen LogP contribution in [-0.4, -0.2) is 17.9 Å². The fraction of sp³-hybridized carbons (Fsp3) is 0.611. The van der Waals surface area contributed by atoms with Crippen LogP contribution in [0.2, 0.25) is 0 Å². The number of carbonyl (C=O) groups excluding carboxylic acids is 1. The van der Waals surface area contributed by atoms with Crippen molar-refractivity contribution in [2.45, 2.75) is 64.3 Å². The van der Waals surface area contributed by atoms with E-state index in [1.54, 1.807) is 0 Å². The van der Waals surface area contributed by atoms with Gasteiger partial charge in [-0.2, -0.15) is 0 Å². The van der Waals surface area contributed by atoms with Crippen LogP contribution in [-0.2, 0) is 16.6 Å². The lowest BCUT2D eigenvalue weighted by Crippen LogP contribution is -2.47. The van der Waals surface area contributed by atoms with Gasteiger partial charge in [-0.15, -0.1) is 0 Å². The number of carbonyl (C=O) groups is 1. The van der Waals surface area contributed by atoms with Crippen molar-refractivity contribution in [3.05, 3.63) is 35.4 Å². The maximum absolute atomic E-state index is 12.6. The van der Waals surface area contributed by atoms with Crippen LogP contribution in [0.1, 0.15) is 58.1 Å². The van der Waals surface area contributed by atoms with Crippen molar-refractivity contribution < 1.29 is 4.79 Å². The highest BCUT2D eigenvalue weighted by molar-refractivity contribution is 5.90. The van der Waals surface area contributed by atoms with Crippen molar-refractivity contribution in [1.29, 1.82) is 0 Å². The topological polar surface area (TPSA) is 29.1 Å². The molecule has 0 aromatic heterocycles. The zero-order valence-corrected chi connectivity index (χ0v) is 13.3. The standard InChI is InChI=1S/C18H27NO/c1-5-18(11-6-12-19-18)16(20)13-14-7-9-15(10-8-14)17(2,3)4/h7-10,19H,5-6,11-13H2,1-4H3. The average molecular weight is 273 g/mol. The summed E-state index contributed by atoms with van der Waals surface area (Å²) in [6, 6.07) is 8.53. The lowest BCUT2D eigenvalue weighted by molar-refractivity contribution is -0.124. The van der Waals surface area contributed by atoms with Crippen LogP contribution in [0.3, 0.4) is 0 Å². The predicted octanol–water partition coefficient (Wildman–Crippen LogP) is 3.63. The molecule has 1 aliphatic heterocycles. The summed E-state index contributed by atoms with van der Waals surface area (Å²) in [4.78, 5) is 12.6. The molecule has 1 unspecified atom stereocenters. The van der Waals surface area contributed by atoms with Crippen molar-refractivity contribution >= 4 is 5.78 Å². The maximum atomic E-state index is 12.6. The van der Waals surface area contributed by atoms with Gasteiger partial charge in [0.15, 0.2) is 5.78 Å². The number of hydrogen-bond acceptors (Lipinski definition) is 2. The molecular formula is C18H27NO. The second-order valence-electron chi connectivity index (χ2n) is 7.01. The van der Waals surface area contributed by atoms with Gasteiger partial charge in [0.2, 0.25) is 0 Å². The van der Waals surface area contributed by atoms with Crippen molar-refractivity contribution in [3.8, 4) is 0 Å². The summed E-state index contributed by atoms with van der Waals surface area (Å²) >= 11 is 0. The van der Waals surface area contributed by atoms with Gasteiger partial charge in [-0.3, -0.25) is 4.79 Å². The Hall–Kier alpha value is -1.15. The summed E-state index contributed by atoms with van der Waals surface area (Å²) in [7, 11) is 0. The molecule has 0 radical (unpaired) electrons. The SMILES string of the molecule is CCC1(C(=O)Cc2ccc(C(C)(C)C)cc2)CCCN1. The normalized spacial score (nSPS) is 23.0. The molecule has 2 rings (SSSR count). The molecule has 110 valence electrons. The number of Topliss-reactive ketones (excluding diaryl/α,β-unsaturated/α-hetero) is 1. The van der Waals surface area contributed by atoms with E-state index < -0.39 is 0 Å². The van der Waals surface area contributed by atoms with E-state index in [1.165, 1.54) is 5.56 Å². The minimum Gasteiger partial charge on any atom is -0.305 e. The minimum absolute atomic E-state index is 0.167. The summed E-state index contributed by atoms with van der Waals surface area (Å²) in [5.74, 6) is 0.348. The lowest BCUT2D eigenvalue weighted by atomic mass is 9.84. The Labute approximate surface area is 123 Å². The van der Waals surface area contributed by atoms with E-state index in [2.05, 4.69) is 57.3 Å².